The van der Waals surface area contributed by atoms with Crippen molar-refractivity contribution >= 4 is 5.91 Å². The van der Waals surface area contributed by atoms with Gasteiger partial charge in [-0.3, -0.25) is 4.79 Å². The van der Waals surface area contributed by atoms with E-state index in [2.05, 4.69) is 24.1 Å². The first-order valence-corrected chi connectivity index (χ1v) is 7.76. The Morgan fingerprint density at radius 1 is 1.11 bits per heavy atom. The largest absolute Gasteiger partial charge is 0.343 e. The van der Waals surface area contributed by atoms with Gasteiger partial charge in [0.15, 0.2) is 0 Å². The fourth-order valence-corrected chi connectivity index (χ4v) is 3.62. The molecular weight excluding hydrogens is 224 g/mol. The lowest BCUT2D eigenvalue weighted by Crippen LogP contribution is -2.40. The molecule has 0 saturated carbocycles. The van der Waals surface area contributed by atoms with E-state index >= 15 is 0 Å². The van der Waals surface area contributed by atoms with Crippen LogP contribution in [0.1, 0.15) is 58.8 Å². The van der Waals surface area contributed by atoms with Gasteiger partial charge in [0.25, 0.3) is 0 Å². The molecule has 2 rings (SSSR count). The highest BCUT2D eigenvalue weighted by Crippen LogP contribution is 2.32. The lowest BCUT2D eigenvalue weighted by atomic mass is 9.89. The molecule has 2 aliphatic rings. The van der Waals surface area contributed by atoms with Crippen molar-refractivity contribution in [1.29, 1.82) is 0 Å². The molecule has 104 valence electrons. The van der Waals surface area contributed by atoms with Gasteiger partial charge in [0, 0.05) is 31.6 Å². The third kappa shape index (κ3) is 3.47. The molecule has 0 aromatic rings. The summed E-state index contributed by atoms with van der Waals surface area (Å²) in [4.78, 5) is 14.4. The van der Waals surface area contributed by atoms with Crippen molar-refractivity contribution in [2.75, 3.05) is 13.1 Å². The maximum atomic E-state index is 12.3. The van der Waals surface area contributed by atoms with Crippen LogP contribution in [0.4, 0.5) is 0 Å². The van der Waals surface area contributed by atoms with Crippen LogP contribution < -0.4 is 5.32 Å². The van der Waals surface area contributed by atoms with Crippen LogP contribution in [-0.2, 0) is 4.79 Å². The Hall–Kier alpha value is -0.570. The molecule has 2 heterocycles. The number of piperidine rings is 1. The highest BCUT2D eigenvalue weighted by Gasteiger charge is 2.34. The van der Waals surface area contributed by atoms with Gasteiger partial charge in [-0.05, 0) is 44.4 Å². The summed E-state index contributed by atoms with van der Waals surface area (Å²) in [6.07, 6.45) is 8.01. The fourth-order valence-electron chi connectivity index (χ4n) is 3.62. The molecule has 1 N–H and O–H groups in total. The number of nitrogens with one attached hydrogen (secondary N) is 1. The van der Waals surface area contributed by atoms with Crippen LogP contribution in [0, 0.1) is 5.92 Å². The first-order chi connectivity index (χ1) is 8.72. The van der Waals surface area contributed by atoms with Gasteiger partial charge in [0.05, 0.1) is 0 Å². The van der Waals surface area contributed by atoms with Crippen LogP contribution >= 0.6 is 0 Å². The molecule has 0 aromatic carbocycles. The van der Waals surface area contributed by atoms with E-state index in [1.807, 2.05) is 0 Å². The maximum absolute atomic E-state index is 12.3. The second-order valence-electron chi connectivity index (χ2n) is 6.06. The van der Waals surface area contributed by atoms with E-state index in [0.717, 1.165) is 32.4 Å². The van der Waals surface area contributed by atoms with Crippen molar-refractivity contribution in [3.05, 3.63) is 0 Å². The number of hydrogen-bond acceptors (Lipinski definition) is 2. The van der Waals surface area contributed by atoms with E-state index in [1.165, 1.54) is 25.7 Å². The Morgan fingerprint density at radius 2 is 1.67 bits per heavy atom. The van der Waals surface area contributed by atoms with Crippen molar-refractivity contribution in [2.45, 2.75) is 70.9 Å². The average molecular weight is 252 g/mol. The monoisotopic (exact) mass is 252 g/mol. The molecule has 0 spiro atoms. The summed E-state index contributed by atoms with van der Waals surface area (Å²) < 4.78 is 0. The third-order valence-electron chi connectivity index (χ3n) is 4.37. The number of rotatable bonds is 6. The van der Waals surface area contributed by atoms with Gasteiger partial charge in [0.1, 0.15) is 0 Å². The number of carbonyl (C=O) groups is 1. The Kier molecular flexibility index (Phi) is 5.04. The molecular formula is C15H28N2O. The second-order valence-corrected chi connectivity index (χ2v) is 6.06. The van der Waals surface area contributed by atoms with Crippen molar-refractivity contribution in [3.63, 3.8) is 0 Å². The van der Waals surface area contributed by atoms with E-state index in [9.17, 15) is 4.79 Å². The smallest absolute Gasteiger partial charge is 0.222 e. The van der Waals surface area contributed by atoms with Gasteiger partial charge < -0.3 is 10.2 Å². The van der Waals surface area contributed by atoms with E-state index in [4.69, 9.17) is 0 Å². The Morgan fingerprint density at radius 3 is 2.17 bits per heavy atom. The Bertz CT molecular complexity index is 262. The first-order valence-electron chi connectivity index (χ1n) is 7.76. The fraction of sp³-hybridized carbons (Fsp3) is 0.933. The van der Waals surface area contributed by atoms with Crippen LogP contribution in [0.5, 0.6) is 0 Å². The van der Waals surface area contributed by atoms with Crippen LogP contribution in [0.3, 0.4) is 0 Å². The van der Waals surface area contributed by atoms with E-state index in [0.29, 0.717) is 23.9 Å². The van der Waals surface area contributed by atoms with Crippen LogP contribution in [0.15, 0.2) is 0 Å². The number of carbonyl (C=O) groups excluding carboxylic acids is 1. The molecule has 3 heteroatoms. The zero-order valence-electron chi connectivity index (χ0n) is 12.0. The minimum atomic E-state index is 0.394. The van der Waals surface area contributed by atoms with E-state index < -0.39 is 0 Å². The summed E-state index contributed by atoms with van der Waals surface area (Å²) in [7, 11) is 0. The summed E-state index contributed by atoms with van der Waals surface area (Å²) in [5.41, 5.74) is 0. The van der Waals surface area contributed by atoms with Crippen molar-refractivity contribution in [2.24, 2.45) is 5.92 Å². The van der Waals surface area contributed by atoms with Gasteiger partial charge in [-0.25, -0.2) is 0 Å². The molecule has 0 aromatic heterocycles. The topological polar surface area (TPSA) is 32.3 Å². The molecule has 1 amide bonds. The molecule has 2 aliphatic heterocycles. The number of amides is 1. The maximum Gasteiger partial charge on any atom is 0.222 e. The van der Waals surface area contributed by atoms with E-state index in [1.54, 1.807) is 0 Å². The minimum Gasteiger partial charge on any atom is -0.343 e. The molecule has 2 saturated heterocycles. The quantitative estimate of drug-likeness (QED) is 0.788. The first kappa shape index (κ1) is 13.9. The molecule has 18 heavy (non-hydrogen) atoms. The van der Waals surface area contributed by atoms with Crippen molar-refractivity contribution < 1.29 is 4.79 Å². The normalized spacial score (nSPS) is 30.4. The Labute approximate surface area is 111 Å². The number of hydrogen-bond donors (Lipinski definition) is 1. The van der Waals surface area contributed by atoms with Gasteiger partial charge >= 0.3 is 0 Å². The number of fused-ring (bicyclic) bond motifs is 2. The molecule has 2 bridgehead atoms. The lowest BCUT2D eigenvalue weighted by Gasteiger charge is -2.30. The third-order valence-corrected chi connectivity index (χ3v) is 4.37. The van der Waals surface area contributed by atoms with Crippen molar-refractivity contribution in [3.8, 4) is 0 Å². The predicted octanol–water partition coefficient (Wildman–Crippen LogP) is 2.56. The van der Waals surface area contributed by atoms with Crippen LogP contribution in [-0.4, -0.2) is 36.0 Å². The molecule has 2 unspecified atom stereocenters. The Balaban J connectivity index is 1.82. The minimum absolute atomic E-state index is 0.394. The summed E-state index contributed by atoms with van der Waals surface area (Å²) >= 11 is 0. The van der Waals surface area contributed by atoms with Gasteiger partial charge in [-0.2, -0.15) is 0 Å². The van der Waals surface area contributed by atoms with E-state index in [-0.39, 0.29) is 0 Å². The standard InChI is InChI=1S/C15H28N2O/c1-3-7-17(8-4-2)15(18)11-12-9-13-5-6-14(10-12)16-13/h12-14,16H,3-11H2,1-2H3. The zero-order chi connectivity index (χ0) is 13.0. The highest BCUT2D eigenvalue weighted by atomic mass is 16.2. The zero-order valence-corrected chi connectivity index (χ0v) is 12.0. The molecule has 2 fully saturated rings. The van der Waals surface area contributed by atoms with Gasteiger partial charge in [0.2, 0.25) is 5.91 Å². The van der Waals surface area contributed by atoms with Gasteiger partial charge in [-0.15, -0.1) is 0 Å². The summed E-state index contributed by atoms with van der Waals surface area (Å²) in [6.45, 7) is 6.18. The lowest BCUT2D eigenvalue weighted by molar-refractivity contribution is -0.132. The average Bonchev–Trinajstić information content (AvgIpc) is 2.68. The van der Waals surface area contributed by atoms with Crippen LogP contribution in [0.2, 0.25) is 0 Å². The molecule has 3 nitrogen and oxygen atoms in total. The summed E-state index contributed by atoms with van der Waals surface area (Å²) in [5, 5.41) is 3.65. The molecule has 2 atom stereocenters. The van der Waals surface area contributed by atoms with Gasteiger partial charge in [-0.1, -0.05) is 13.8 Å². The molecule has 0 radical (unpaired) electrons. The molecule has 0 aliphatic carbocycles. The number of nitrogens with zero attached hydrogens (tertiary/aromatic N) is 1. The highest BCUT2D eigenvalue weighted by molar-refractivity contribution is 5.76. The van der Waals surface area contributed by atoms with Crippen molar-refractivity contribution in [1.82, 2.24) is 10.2 Å². The summed E-state index contributed by atoms with van der Waals surface area (Å²) in [5.74, 6) is 1.03. The SMILES string of the molecule is CCCN(CCC)C(=O)CC1CC2CCC(C1)N2. The summed E-state index contributed by atoms with van der Waals surface area (Å²) in [6, 6.07) is 1.40. The second kappa shape index (κ2) is 6.55. The predicted molar refractivity (Wildman–Crippen MR) is 74.4 cm³/mol. The van der Waals surface area contributed by atoms with Crippen LogP contribution in [0.25, 0.3) is 0 Å².